The van der Waals surface area contributed by atoms with Crippen LogP contribution in [0.2, 0.25) is 0 Å². The van der Waals surface area contributed by atoms with Crippen LogP contribution in [-0.2, 0) is 6.18 Å². The van der Waals surface area contributed by atoms with Crippen molar-refractivity contribution < 1.29 is 18.0 Å². The van der Waals surface area contributed by atoms with Crippen LogP contribution in [0.3, 0.4) is 0 Å². The van der Waals surface area contributed by atoms with Gasteiger partial charge in [0.05, 0.1) is 11.3 Å². The number of aryl methyl sites for hydroxylation is 1. The maximum atomic E-state index is 13.3. The lowest BCUT2D eigenvalue weighted by Gasteiger charge is -2.17. The van der Waals surface area contributed by atoms with Gasteiger partial charge in [0, 0.05) is 24.8 Å². The maximum Gasteiger partial charge on any atom is 0.418 e. The second-order valence-electron chi connectivity index (χ2n) is 6.42. The predicted octanol–water partition coefficient (Wildman–Crippen LogP) is 2.21. The van der Waals surface area contributed by atoms with Crippen LogP contribution in [0.15, 0.2) is 46.8 Å². The van der Waals surface area contributed by atoms with Crippen LogP contribution in [0.25, 0.3) is 5.69 Å². The van der Waals surface area contributed by atoms with Crippen molar-refractivity contribution in [3.05, 3.63) is 69.2 Å². The molecule has 2 aromatic rings. The minimum absolute atomic E-state index is 0.194. The Kier molecular flexibility index (Phi) is 5.64. The smallest absolute Gasteiger partial charge is 0.347 e. The third-order valence-corrected chi connectivity index (χ3v) is 4.39. The van der Waals surface area contributed by atoms with E-state index in [0.717, 1.165) is 35.4 Å². The number of hydrogen-bond acceptors (Lipinski definition) is 4. The molecule has 0 fully saturated rings. The second kappa shape index (κ2) is 7.97. The van der Waals surface area contributed by atoms with Gasteiger partial charge >= 0.3 is 6.18 Å². The normalized spacial score (nSPS) is 14.5. The number of aromatic nitrogens is 2. The molecule has 0 aliphatic carbocycles. The van der Waals surface area contributed by atoms with E-state index >= 15 is 0 Å². The van der Waals surface area contributed by atoms with Crippen LogP contribution in [-0.4, -0.2) is 35.3 Å². The Morgan fingerprint density at radius 3 is 2.75 bits per heavy atom. The number of carbonyl (C=O) groups excluding carboxylic acids is 1. The minimum Gasteiger partial charge on any atom is -0.347 e. The number of benzene rings is 1. The molecule has 1 amide bonds. The highest BCUT2D eigenvalue weighted by atomic mass is 19.4. The Bertz CT molecular complexity index is 980. The topological polar surface area (TPSA) is 76.0 Å². The number of hydrogen-bond donors (Lipinski definition) is 2. The monoisotopic (exact) mass is 392 g/mol. The van der Waals surface area contributed by atoms with Gasteiger partial charge in [-0.1, -0.05) is 23.8 Å². The lowest BCUT2D eigenvalue weighted by atomic mass is 10.1. The summed E-state index contributed by atoms with van der Waals surface area (Å²) in [5.74, 6) is -0.720. The highest BCUT2D eigenvalue weighted by molar-refractivity contribution is 5.92. The number of nitrogens with zero attached hydrogens (tertiary/aromatic N) is 2. The number of alkyl halides is 3. The van der Waals surface area contributed by atoms with Crippen LogP contribution in [0.4, 0.5) is 13.2 Å². The van der Waals surface area contributed by atoms with E-state index in [1.807, 2.05) is 6.08 Å². The second-order valence-corrected chi connectivity index (χ2v) is 6.42. The van der Waals surface area contributed by atoms with E-state index in [1.54, 1.807) is 0 Å². The van der Waals surface area contributed by atoms with Gasteiger partial charge in [0.25, 0.3) is 5.91 Å². The molecule has 3 rings (SSSR count). The predicted molar refractivity (Wildman–Crippen MR) is 97.5 cm³/mol. The van der Waals surface area contributed by atoms with Gasteiger partial charge in [0.15, 0.2) is 5.69 Å². The summed E-state index contributed by atoms with van der Waals surface area (Å²) in [4.78, 5) is 24.6. The summed E-state index contributed by atoms with van der Waals surface area (Å²) >= 11 is 0. The highest BCUT2D eigenvalue weighted by Crippen LogP contribution is 2.33. The fourth-order valence-corrected chi connectivity index (χ4v) is 2.95. The number of nitrogens with one attached hydrogen (secondary N) is 2. The fraction of sp³-hybridized carbons (Fsp3) is 0.316. The molecule has 0 radical (unpaired) electrons. The van der Waals surface area contributed by atoms with Crippen LogP contribution < -0.4 is 16.1 Å². The number of carbonyl (C=O) groups is 1. The summed E-state index contributed by atoms with van der Waals surface area (Å²) in [6.45, 7) is 3.22. The molecule has 9 heteroatoms. The molecular weight excluding hydrogens is 373 g/mol. The zero-order valence-electron chi connectivity index (χ0n) is 15.1. The Morgan fingerprint density at radius 1 is 1.32 bits per heavy atom. The first kappa shape index (κ1) is 19.8. The zero-order valence-corrected chi connectivity index (χ0v) is 15.1. The average molecular weight is 392 g/mol. The van der Waals surface area contributed by atoms with Gasteiger partial charge in [0.2, 0.25) is 5.43 Å². The molecule has 2 N–H and O–H groups in total. The van der Waals surface area contributed by atoms with E-state index in [2.05, 4.69) is 15.7 Å². The molecular formula is C19H19F3N4O2. The van der Waals surface area contributed by atoms with Crippen molar-refractivity contribution >= 4 is 5.91 Å². The van der Waals surface area contributed by atoms with E-state index in [-0.39, 0.29) is 17.9 Å². The van der Waals surface area contributed by atoms with Gasteiger partial charge in [-0.05, 0) is 32.0 Å². The summed E-state index contributed by atoms with van der Waals surface area (Å²) in [6.07, 6.45) is -1.88. The number of halogens is 3. The Labute approximate surface area is 159 Å². The van der Waals surface area contributed by atoms with E-state index in [1.165, 1.54) is 25.1 Å². The molecule has 0 bridgehead atoms. The van der Waals surface area contributed by atoms with E-state index in [0.29, 0.717) is 6.54 Å². The molecule has 0 atom stereocenters. The summed E-state index contributed by atoms with van der Waals surface area (Å²) in [5.41, 5.74) is -1.03. The molecule has 1 aliphatic heterocycles. The third kappa shape index (κ3) is 4.30. The first-order chi connectivity index (χ1) is 13.3. The van der Waals surface area contributed by atoms with Gasteiger partial charge in [-0.3, -0.25) is 9.59 Å². The molecule has 2 heterocycles. The number of amides is 1. The molecule has 1 aromatic carbocycles. The van der Waals surface area contributed by atoms with Gasteiger partial charge in [-0.2, -0.15) is 18.3 Å². The van der Waals surface area contributed by atoms with Gasteiger partial charge in [-0.15, -0.1) is 0 Å². The van der Waals surface area contributed by atoms with Crippen LogP contribution in [0.1, 0.15) is 28.2 Å². The summed E-state index contributed by atoms with van der Waals surface area (Å²) < 4.78 is 41.0. The lowest BCUT2D eigenvalue weighted by molar-refractivity contribution is -0.137. The summed E-state index contributed by atoms with van der Waals surface area (Å²) in [5, 5.41) is 9.71. The van der Waals surface area contributed by atoms with Gasteiger partial charge in [-0.25, -0.2) is 4.68 Å². The standard InChI is InChI=1S/C19H19F3N4O2/c1-12-10-16(27)17(18(28)24-11-13-6-8-23-9-7-13)25-26(12)15-5-3-2-4-14(15)19(20,21)22/h2-6,10,23H,7-9,11H2,1H3,(H,24,28). The van der Waals surface area contributed by atoms with Crippen molar-refractivity contribution in [3.63, 3.8) is 0 Å². The molecule has 6 nitrogen and oxygen atoms in total. The number of rotatable bonds is 4. The van der Waals surface area contributed by atoms with Crippen molar-refractivity contribution in [2.24, 2.45) is 0 Å². The Morgan fingerprint density at radius 2 is 2.07 bits per heavy atom. The highest BCUT2D eigenvalue weighted by Gasteiger charge is 2.34. The van der Waals surface area contributed by atoms with Crippen molar-refractivity contribution in [2.75, 3.05) is 19.6 Å². The van der Waals surface area contributed by atoms with Crippen molar-refractivity contribution in [1.82, 2.24) is 20.4 Å². The molecule has 28 heavy (non-hydrogen) atoms. The molecule has 1 aromatic heterocycles. The first-order valence-electron chi connectivity index (χ1n) is 8.72. The van der Waals surface area contributed by atoms with Gasteiger partial charge in [0.1, 0.15) is 0 Å². The van der Waals surface area contributed by atoms with Gasteiger partial charge < -0.3 is 10.6 Å². The molecule has 0 saturated carbocycles. The van der Waals surface area contributed by atoms with E-state index in [4.69, 9.17) is 0 Å². The van der Waals surface area contributed by atoms with Crippen LogP contribution in [0.5, 0.6) is 0 Å². The summed E-state index contributed by atoms with van der Waals surface area (Å²) in [6, 6.07) is 5.99. The molecule has 0 spiro atoms. The summed E-state index contributed by atoms with van der Waals surface area (Å²) in [7, 11) is 0. The van der Waals surface area contributed by atoms with E-state index < -0.39 is 28.8 Å². The van der Waals surface area contributed by atoms with Crippen LogP contribution in [0, 0.1) is 6.92 Å². The zero-order chi connectivity index (χ0) is 20.3. The van der Waals surface area contributed by atoms with E-state index in [9.17, 15) is 22.8 Å². The first-order valence-corrected chi connectivity index (χ1v) is 8.72. The lowest BCUT2D eigenvalue weighted by Crippen LogP contribution is -2.34. The van der Waals surface area contributed by atoms with Crippen molar-refractivity contribution in [3.8, 4) is 5.69 Å². The van der Waals surface area contributed by atoms with Crippen molar-refractivity contribution in [2.45, 2.75) is 19.5 Å². The maximum absolute atomic E-state index is 13.3. The molecule has 1 aliphatic rings. The quantitative estimate of drug-likeness (QED) is 0.783. The Balaban J connectivity index is 1.95. The molecule has 0 unspecified atom stereocenters. The van der Waals surface area contributed by atoms with Crippen LogP contribution >= 0.6 is 0 Å². The number of para-hydroxylation sites is 1. The minimum atomic E-state index is -4.60. The average Bonchev–Trinajstić information content (AvgIpc) is 2.66. The molecule has 148 valence electrons. The Hall–Kier alpha value is -2.94. The third-order valence-electron chi connectivity index (χ3n) is 4.39. The molecule has 0 saturated heterocycles. The fourth-order valence-electron chi connectivity index (χ4n) is 2.95. The largest absolute Gasteiger partial charge is 0.418 e. The SMILES string of the molecule is Cc1cc(=O)c(C(=O)NCC2=CCNCC2)nn1-c1ccccc1C(F)(F)F. The van der Waals surface area contributed by atoms with Crippen molar-refractivity contribution in [1.29, 1.82) is 0 Å².